The molecule has 0 rings (SSSR count). The summed E-state index contributed by atoms with van der Waals surface area (Å²) in [4.78, 5) is 13.7. The molecule has 0 aromatic rings. The van der Waals surface area contributed by atoms with Gasteiger partial charge in [0.1, 0.15) is 0 Å². The Balaban J connectivity index is 3.33. The van der Waals surface area contributed by atoms with Gasteiger partial charge < -0.3 is 15.5 Å². The lowest BCUT2D eigenvalue weighted by molar-refractivity contribution is -0.120. The van der Waals surface area contributed by atoms with Gasteiger partial charge in [0.15, 0.2) is 0 Å². The van der Waals surface area contributed by atoms with Gasteiger partial charge in [-0.3, -0.25) is 4.79 Å². The summed E-state index contributed by atoms with van der Waals surface area (Å²) in [7, 11) is 4.16. The lowest BCUT2D eigenvalue weighted by Crippen LogP contribution is -2.39. The number of rotatable bonds is 10. The second-order valence-electron chi connectivity index (χ2n) is 4.94. The first-order valence-corrected chi connectivity index (χ1v) is 6.71. The van der Waals surface area contributed by atoms with Crippen molar-refractivity contribution in [3.63, 3.8) is 0 Å². The molecule has 0 saturated heterocycles. The van der Waals surface area contributed by atoms with E-state index < -0.39 is 0 Å². The average Bonchev–Trinajstić information content (AvgIpc) is 2.23. The minimum Gasteiger partial charge on any atom is -0.353 e. The van der Waals surface area contributed by atoms with Crippen LogP contribution in [0.3, 0.4) is 0 Å². The van der Waals surface area contributed by atoms with E-state index in [1.54, 1.807) is 0 Å². The molecular weight excluding hydrogens is 214 g/mol. The number of hydrogen-bond donors (Lipinski definition) is 2. The van der Waals surface area contributed by atoms with Gasteiger partial charge in [-0.2, -0.15) is 0 Å². The molecule has 0 fully saturated rings. The van der Waals surface area contributed by atoms with Crippen molar-refractivity contribution in [2.45, 2.75) is 45.6 Å². The van der Waals surface area contributed by atoms with Crippen molar-refractivity contribution in [3.05, 3.63) is 0 Å². The largest absolute Gasteiger partial charge is 0.353 e. The molecule has 0 radical (unpaired) electrons. The third kappa shape index (κ3) is 11.6. The number of carbonyl (C=O) groups excluding carboxylic acids is 1. The van der Waals surface area contributed by atoms with Crippen LogP contribution in [0.15, 0.2) is 0 Å². The van der Waals surface area contributed by atoms with Crippen LogP contribution in [0.5, 0.6) is 0 Å². The van der Waals surface area contributed by atoms with Crippen LogP contribution in [0.1, 0.15) is 39.5 Å². The van der Waals surface area contributed by atoms with Crippen LogP contribution in [0, 0.1) is 0 Å². The summed E-state index contributed by atoms with van der Waals surface area (Å²) in [6, 6.07) is 0.294. The molecule has 4 heteroatoms. The predicted octanol–water partition coefficient (Wildman–Crippen LogP) is 1.22. The van der Waals surface area contributed by atoms with Crippen LogP contribution >= 0.6 is 0 Å². The smallest absolute Gasteiger partial charge is 0.234 e. The number of nitrogens with zero attached hydrogens (tertiary/aromatic N) is 1. The van der Waals surface area contributed by atoms with Crippen molar-refractivity contribution >= 4 is 5.91 Å². The van der Waals surface area contributed by atoms with Crippen LogP contribution in [0.4, 0.5) is 0 Å². The Hall–Kier alpha value is -0.610. The maximum Gasteiger partial charge on any atom is 0.234 e. The third-order valence-electron chi connectivity index (χ3n) is 2.62. The summed E-state index contributed by atoms with van der Waals surface area (Å²) in [5.41, 5.74) is 0. The van der Waals surface area contributed by atoms with Gasteiger partial charge in [0.05, 0.1) is 6.54 Å². The van der Waals surface area contributed by atoms with E-state index in [0.29, 0.717) is 12.6 Å². The summed E-state index contributed by atoms with van der Waals surface area (Å²) in [5, 5.41) is 6.16. The Labute approximate surface area is 106 Å². The second-order valence-corrected chi connectivity index (χ2v) is 4.94. The average molecular weight is 243 g/mol. The molecule has 0 saturated carbocycles. The normalized spacial score (nSPS) is 12.8. The molecular formula is C13H29N3O. The maximum atomic E-state index is 11.5. The number of amides is 1. The van der Waals surface area contributed by atoms with Gasteiger partial charge >= 0.3 is 0 Å². The summed E-state index contributed by atoms with van der Waals surface area (Å²) >= 11 is 0. The summed E-state index contributed by atoms with van der Waals surface area (Å²) < 4.78 is 0. The Morgan fingerprint density at radius 2 is 2.00 bits per heavy atom. The van der Waals surface area contributed by atoms with Gasteiger partial charge in [-0.05, 0) is 53.4 Å². The van der Waals surface area contributed by atoms with Crippen molar-refractivity contribution in [1.82, 2.24) is 15.5 Å². The van der Waals surface area contributed by atoms with E-state index >= 15 is 0 Å². The fourth-order valence-electron chi connectivity index (χ4n) is 1.71. The van der Waals surface area contributed by atoms with E-state index in [0.717, 1.165) is 32.4 Å². The summed E-state index contributed by atoms with van der Waals surface area (Å²) in [5.74, 6) is 0.110. The molecule has 0 aromatic heterocycles. The summed E-state index contributed by atoms with van der Waals surface area (Å²) in [6.07, 6.45) is 4.46. The Kier molecular flexibility index (Phi) is 10.2. The highest BCUT2D eigenvalue weighted by Gasteiger charge is 2.05. The van der Waals surface area contributed by atoms with Crippen molar-refractivity contribution in [1.29, 1.82) is 0 Å². The molecule has 4 nitrogen and oxygen atoms in total. The zero-order valence-corrected chi connectivity index (χ0v) is 11.9. The highest BCUT2D eigenvalue weighted by Crippen LogP contribution is 1.94. The molecule has 0 bridgehead atoms. The second kappa shape index (κ2) is 10.5. The Morgan fingerprint density at radius 1 is 1.29 bits per heavy atom. The Morgan fingerprint density at radius 3 is 2.59 bits per heavy atom. The fraction of sp³-hybridized carbons (Fsp3) is 0.923. The van der Waals surface area contributed by atoms with Crippen LogP contribution < -0.4 is 10.6 Å². The molecule has 0 aromatic carbocycles. The van der Waals surface area contributed by atoms with Crippen molar-refractivity contribution in [3.8, 4) is 0 Å². The zero-order valence-electron chi connectivity index (χ0n) is 11.9. The van der Waals surface area contributed by atoms with Gasteiger partial charge in [0, 0.05) is 6.04 Å². The van der Waals surface area contributed by atoms with E-state index in [9.17, 15) is 4.79 Å². The first-order chi connectivity index (χ1) is 8.06. The SMILES string of the molecule is CCCC(C)NC(=O)CNCCCCN(C)C. The molecule has 0 aliphatic rings. The van der Waals surface area contributed by atoms with Crippen molar-refractivity contribution in [2.24, 2.45) is 0 Å². The van der Waals surface area contributed by atoms with Crippen molar-refractivity contribution < 1.29 is 4.79 Å². The standard InChI is InChI=1S/C13H29N3O/c1-5-8-12(2)15-13(17)11-14-9-6-7-10-16(3)4/h12,14H,5-11H2,1-4H3,(H,15,17). The van der Waals surface area contributed by atoms with Gasteiger partial charge in [-0.1, -0.05) is 13.3 Å². The molecule has 0 aliphatic heterocycles. The third-order valence-corrected chi connectivity index (χ3v) is 2.62. The summed E-state index contributed by atoms with van der Waals surface area (Å²) in [6.45, 7) is 6.66. The molecule has 2 N–H and O–H groups in total. The first-order valence-electron chi connectivity index (χ1n) is 6.71. The number of carbonyl (C=O) groups is 1. The highest BCUT2D eigenvalue weighted by atomic mass is 16.1. The van der Waals surface area contributed by atoms with E-state index in [1.165, 1.54) is 6.42 Å². The minimum absolute atomic E-state index is 0.110. The van der Waals surface area contributed by atoms with Crippen LogP contribution in [0.2, 0.25) is 0 Å². The lowest BCUT2D eigenvalue weighted by atomic mass is 10.2. The van der Waals surface area contributed by atoms with E-state index in [-0.39, 0.29) is 5.91 Å². The lowest BCUT2D eigenvalue weighted by Gasteiger charge is -2.13. The minimum atomic E-state index is 0.110. The quantitative estimate of drug-likeness (QED) is 0.567. The monoisotopic (exact) mass is 243 g/mol. The molecule has 17 heavy (non-hydrogen) atoms. The Bertz CT molecular complexity index is 195. The highest BCUT2D eigenvalue weighted by molar-refractivity contribution is 5.78. The van der Waals surface area contributed by atoms with Gasteiger partial charge in [-0.25, -0.2) is 0 Å². The zero-order chi connectivity index (χ0) is 13.1. The van der Waals surface area contributed by atoms with Gasteiger partial charge in [0.25, 0.3) is 0 Å². The molecule has 0 heterocycles. The molecule has 1 atom stereocenters. The molecule has 0 aliphatic carbocycles. The molecule has 1 amide bonds. The maximum absolute atomic E-state index is 11.5. The number of hydrogen-bond acceptors (Lipinski definition) is 3. The van der Waals surface area contributed by atoms with E-state index in [4.69, 9.17) is 0 Å². The van der Waals surface area contributed by atoms with E-state index in [1.807, 2.05) is 0 Å². The van der Waals surface area contributed by atoms with Gasteiger partial charge in [0.2, 0.25) is 5.91 Å². The molecule has 102 valence electrons. The van der Waals surface area contributed by atoms with Crippen LogP contribution in [-0.2, 0) is 4.79 Å². The number of nitrogens with one attached hydrogen (secondary N) is 2. The molecule has 1 unspecified atom stereocenters. The fourth-order valence-corrected chi connectivity index (χ4v) is 1.71. The van der Waals surface area contributed by atoms with Gasteiger partial charge in [-0.15, -0.1) is 0 Å². The first kappa shape index (κ1) is 16.4. The van der Waals surface area contributed by atoms with Crippen LogP contribution in [-0.4, -0.2) is 50.6 Å². The molecule has 0 spiro atoms. The topological polar surface area (TPSA) is 44.4 Å². The number of unbranched alkanes of at least 4 members (excludes halogenated alkanes) is 1. The van der Waals surface area contributed by atoms with Crippen molar-refractivity contribution in [2.75, 3.05) is 33.7 Å². The predicted molar refractivity (Wildman–Crippen MR) is 73.2 cm³/mol. The van der Waals surface area contributed by atoms with Crippen LogP contribution in [0.25, 0.3) is 0 Å². The van der Waals surface area contributed by atoms with E-state index in [2.05, 4.69) is 43.5 Å².